The monoisotopic (exact) mass is 234 g/mol. The minimum Gasteiger partial charge on any atom is -0.326 e. The number of hydrogen-bond donors (Lipinski definition) is 2. The van der Waals surface area contributed by atoms with E-state index in [4.69, 9.17) is 0 Å². The van der Waals surface area contributed by atoms with Crippen LogP contribution < -0.4 is 10.6 Å². The van der Waals surface area contributed by atoms with Gasteiger partial charge in [-0.05, 0) is 25.1 Å². The van der Waals surface area contributed by atoms with Crippen LogP contribution in [0.3, 0.4) is 0 Å². The van der Waals surface area contributed by atoms with Gasteiger partial charge >= 0.3 is 0 Å². The van der Waals surface area contributed by atoms with Gasteiger partial charge in [0, 0.05) is 18.2 Å². The van der Waals surface area contributed by atoms with E-state index < -0.39 is 0 Å². The molecule has 0 spiro atoms. The first-order valence-electron chi connectivity index (χ1n) is 6.22. The molecule has 1 unspecified atom stereocenters. The minimum atomic E-state index is 0.0719. The van der Waals surface area contributed by atoms with Crippen LogP contribution in [0.25, 0.3) is 0 Å². The van der Waals surface area contributed by atoms with E-state index >= 15 is 0 Å². The summed E-state index contributed by atoms with van der Waals surface area (Å²) in [6.07, 6.45) is 1.97. The van der Waals surface area contributed by atoms with Crippen molar-refractivity contribution in [1.82, 2.24) is 5.32 Å². The molecule has 1 aromatic carbocycles. The Labute approximate surface area is 104 Å². The molecule has 3 nitrogen and oxygen atoms in total. The van der Waals surface area contributed by atoms with Crippen LogP contribution in [0.5, 0.6) is 0 Å². The Bertz CT molecular complexity index is 363. The molecule has 0 fully saturated rings. The van der Waals surface area contributed by atoms with E-state index in [1.807, 2.05) is 38.2 Å². The summed E-state index contributed by atoms with van der Waals surface area (Å²) in [7, 11) is 1.90. The zero-order valence-electron chi connectivity index (χ0n) is 10.9. The van der Waals surface area contributed by atoms with E-state index in [2.05, 4.69) is 17.6 Å². The van der Waals surface area contributed by atoms with Gasteiger partial charge in [0.2, 0.25) is 5.91 Å². The van der Waals surface area contributed by atoms with Crippen molar-refractivity contribution < 1.29 is 4.79 Å². The molecule has 1 atom stereocenters. The summed E-state index contributed by atoms with van der Waals surface area (Å²) in [5, 5.41) is 6.10. The lowest BCUT2D eigenvalue weighted by Gasteiger charge is -2.14. The smallest absolute Gasteiger partial charge is 0.227 e. The topological polar surface area (TPSA) is 41.1 Å². The van der Waals surface area contributed by atoms with Crippen LogP contribution in [0.4, 0.5) is 5.69 Å². The minimum absolute atomic E-state index is 0.0719. The second-order valence-corrected chi connectivity index (χ2v) is 4.37. The standard InChI is InChI=1S/C14H22N2O/c1-4-7-11(2)14(17)16-13-9-6-5-8-12(13)10-15-3/h5-6,8-9,11,15H,4,7,10H2,1-3H3,(H,16,17). The summed E-state index contributed by atoms with van der Waals surface area (Å²) in [6.45, 7) is 4.83. The van der Waals surface area contributed by atoms with Crippen molar-refractivity contribution in [2.75, 3.05) is 12.4 Å². The van der Waals surface area contributed by atoms with Crippen molar-refractivity contribution in [2.45, 2.75) is 33.2 Å². The average molecular weight is 234 g/mol. The van der Waals surface area contributed by atoms with Gasteiger partial charge in [0.05, 0.1) is 0 Å². The summed E-state index contributed by atoms with van der Waals surface area (Å²) in [5.74, 6) is 0.179. The fourth-order valence-electron chi connectivity index (χ4n) is 1.81. The fourth-order valence-corrected chi connectivity index (χ4v) is 1.81. The summed E-state index contributed by atoms with van der Waals surface area (Å²) in [6, 6.07) is 7.90. The first-order chi connectivity index (χ1) is 8.19. The molecule has 1 aromatic rings. The first-order valence-corrected chi connectivity index (χ1v) is 6.22. The van der Waals surface area contributed by atoms with Crippen LogP contribution in [-0.4, -0.2) is 13.0 Å². The fraction of sp³-hybridized carbons (Fsp3) is 0.500. The summed E-state index contributed by atoms with van der Waals surface area (Å²) in [5.41, 5.74) is 2.03. The number of carbonyl (C=O) groups excluding carboxylic acids is 1. The van der Waals surface area contributed by atoms with Crippen LogP contribution in [0.15, 0.2) is 24.3 Å². The Morgan fingerprint density at radius 2 is 2.06 bits per heavy atom. The van der Waals surface area contributed by atoms with Crippen molar-refractivity contribution in [3.8, 4) is 0 Å². The largest absolute Gasteiger partial charge is 0.326 e. The molecule has 3 heteroatoms. The van der Waals surface area contributed by atoms with E-state index in [0.717, 1.165) is 30.6 Å². The molecule has 0 heterocycles. The van der Waals surface area contributed by atoms with Crippen molar-refractivity contribution in [1.29, 1.82) is 0 Å². The van der Waals surface area contributed by atoms with E-state index in [1.165, 1.54) is 0 Å². The average Bonchev–Trinajstić information content (AvgIpc) is 2.32. The second-order valence-electron chi connectivity index (χ2n) is 4.37. The summed E-state index contributed by atoms with van der Waals surface area (Å²) >= 11 is 0. The van der Waals surface area contributed by atoms with Gasteiger partial charge in [-0.25, -0.2) is 0 Å². The zero-order valence-corrected chi connectivity index (χ0v) is 10.9. The molecule has 0 aliphatic rings. The van der Waals surface area contributed by atoms with Gasteiger partial charge in [-0.2, -0.15) is 0 Å². The lowest BCUT2D eigenvalue weighted by atomic mass is 10.0. The Morgan fingerprint density at radius 1 is 1.35 bits per heavy atom. The Morgan fingerprint density at radius 3 is 2.71 bits per heavy atom. The molecule has 2 N–H and O–H groups in total. The third-order valence-corrected chi connectivity index (χ3v) is 2.81. The van der Waals surface area contributed by atoms with E-state index in [-0.39, 0.29) is 11.8 Å². The quantitative estimate of drug-likeness (QED) is 0.794. The number of hydrogen-bond acceptors (Lipinski definition) is 2. The second kappa shape index (κ2) is 7.07. The van der Waals surface area contributed by atoms with Crippen LogP contribution in [0, 0.1) is 5.92 Å². The van der Waals surface area contributed by atoms with Gasteiger partial charge in [0.1, 0.15) is 0 Å². The number of amides is 1. The van der Waals surface area contributed by atoms with E-state index in [1.54, 1.807) is 0 Å². The van der Waals surface area contributed by atoms with Crippen LogP contribution >= 0.6 is 0 Å². The Hall–Kier alpha value is -1.35. The van der Waals surface area contributed by atoms with Gasteiger partial charge in [-0.3, -0.25) is 4.79 Å². The maximum absolute atomic E-state index is 11.9. The highest BCUT2D eigenvalue weighted by Crippen LogP contribution is 2.16. The predicted molar refractivity (Wildman–Crippen MR) is 71.9 cm³/mol. The van der Waals surface area contributed by atoms with Gasteiger partial charge < -0.3 is 10.6 Å². The maximum Gasteiger partial charge on any atom is 0.227 e. The van der Waals surface area contributed by atoms with Gasteiger partial charge in [0.25, 0.3) is 0 Å². The molecular formula is C14H22N2O. The number of nitrogens with one attached hydrogen (secondary N) is 2. The van der Waals surface area contributed by atoms with Crippen LogP contribution in [-0.2, 0) is 11.3 Å². The molecule has 0 saturated carbocycles. The third kappa shape index (κ3) is 4.19. The molecular weight excluding hydrogens is 212 g/mol. The van der Waals surface area contributed by atoms with Crippen LogP contribution in [0.1, 0.15) is 32.3 Å². The molecule has 94 valence electrons. The molecule has 17 heavy (non-hydrogen) atoms. The van der Waals surface area contributed by atoms with E-state index in [9.17, 15) is 4.79 Å². The predicted octanol–water partition coefficient (Wildman–Crippen LogP) is 2.78. The number of benzene rings is 1. The molecule has 0 aliphatic carbocycles. The van der Waals surface area contributed by atoms with Crippen molar-refractivity contribution in [3.63, 3.8) is 0 Å². The third-order valence-electron chi connectivity index (χ3n) is 2.81. The first kappa shape index (κ1) is 13.7. The van der Waals surface area contributed by atoms with Crippen molar-refractivity contribution in [2.24, 2.45) is 5.92 Å². The molecule has 1 amide bonds. The number of para-hydroxylation sites is 1. The Balaban J connectivity index is 2.70. The number of rotatable bonds is 6. The molecule has 1 rings (SSSR count). The van der Waals surface area contributed by atoms with Crippen LogP contribution in [0.2, 0.25) is 0 Å². The zero-order chi connectivity index (χ0) is 12.7. The van der Waals surface area contributed by atoms with Gasteiger partial charge in [0.15, 0.2) is 0 Å². The maximum atomic E-state index is 11.9. The highest BCUT2D eigenvalue weighted by atomic mass is 16.1. The highest BCUT2D eigenvalue weighted by Gasteiger charge is 2.12. The molecule has 0 aromatic heterocycles. The van der Waals surface area contributed by atoms with E-state index in [0.29, 0.717) is 0 Å². The van der Waals surface area contributed by atoms with Crippen molar-refractivity contribution in [3.05, 3.63) is 29.8 Å². The highest BCUT2D eigenvalue weighted by molar-refractivity contribution is 5.93. The normalized spacial score (nSPS) is 12.2. The molecule has 0 bridgehead atoms. The lowest BCUT2D eigenvalue weighted by molar-refractivity contribution is -0.119. The van der Waals surface area contributed by atoms with Gasteiger partial charge in [-0.15, -0.1) is 0 Å². The Kier molecular flexibility index (Phi) is 5.70. The number of carbonyl (C=O) groups is 1. The molecule has 0 saturated heterocycles. The molecule has 0 aliphatic heterocycles. The van der Waals surface area contributed by atoms with Gasteiger partial charge in [-0.1, -0.05) is 38.5 Å². The summed E-state index contributed by atoms with van der Waals surface area (Å²) < 4.78 is 0. The number of anilines is 1. The SMILES string of the molecule is CCCC(C)C(=O)Nc1ccccc1CNC. The summed E-state index contributed by atoms with van der Waals surface area (Å²) in [4.78, 5) is 11.9. The van der Waals surface area contributed by atoms with Crippen molar-refractivity contribution >= 4 is 11.6 Å². The molecule has 0 radical (unpaired) electrons. The lowest BCUT2D eigenvalue weighted by Crippen LogP contribution is -2.21.